The van der Waals surface area contributed by atoms with Crippen LogP contribution < -0.4 is 9.80 Å². The summed E-state index contributed by atoms with van der Waals surface area (Å²) in [6.07, 6.45) is 13.5. The summed E-state index contributed by atoms with van der Waals surface area (Å²) in [5.74, 6) is 3.89. The van der Waals surface area contributed by atoms with Crippen LogP contribution in [0.25, 0.3) is 22.3 Å². The van der Waals surface area contributed by atoms with Gasteiger partial charge in [0, 0.05) is 45.0 Å². The summed E-state index contributed by atoms with van der Waals surface area (Å²) in [4.78, 5) is 4.95. The highest BCUT2D eigenvalue weighted by Crippen LogP contribution is 2.61. The molecule has 2 atom stereocenters. The van der Waals surface area contributed by atoms with Crippen LogP contribution in [-0.2, 0) is 16.2 Å². The summed E-state index contributed by atoms with van der Waals surface area (Å²) in [6.45, 7) is 9.73. The Morgan fingerprint density at radius 2 is 0.903 bits per heavy atom. The molecule has 2 unspecified atom stereocenters. The van der Waals surface area contributed by atoms with Gasteiger partial charge in [0.2, 0.25) is 0 Å². The van der Waals surface area contributed by atoms with Gasteiger partial charge in [0.15, 0.2) is 0 Å². The first-order valence-corrected chi connectivity index (χ1v) is 27.5. The molecule has 0 saturated heterocycles. The van der Waals surface area contributed by atoms with Gasteiger partial charge in [0.05, 0.1) is 0 Å². The number of rotatable bonds is 11. The van der Waals surface area contributed by atoms with Crippen molar-refractivity contribution in [2.24, 2.45) is 29.6 Å². The number of hydrogen-bond donors (Lipinski definition) is 0. The summed E-state index contributed by atoms with van der Waals surface area (Å²) in [7, 11) is 0. The molecule has 0 aliphatic heterocycles. The third-order valence-corrected chi connectivity index (χ3v) is 18.9. The number of fused-ring (bicyclic) bond motifs is 3. The first kappa shape index (κ1) is 45.2. The fourth-order valence-corrected chi connectivity index (χ4v) is 16.1. The first-order valence-electron chi connectivity index (χ1n) is 27.5. The van der Waals surface area contributed by atoms with E-state index in [1.54, 1.807) is 5.56 Å². The summed E-state index contributed by atoms with van der Waals surface area (Å²) >= 11 is 0. The average Bonchev–Trinajstić information content (AvgIpc) is 3.65. The molecule has 0 radical (unpaired) electrons. The van der Waals surface area contributed by atoms with E-state index in [4.69, 9.17) is 0 Å². The highest BCUT2D eigenvalue weighted by atomic mass is 15.1. The van der Waals surface area contributed by atoms with E-state index in [-0.39, 0.29) is 10.8 Å². The fourth-order valence-electron chi connectivity index (χ4n) is 16.1. The Balaban J connectivity index is 0.858. The van der Waals surface area contributed by atoms with Gasteiger partial charge in [0.1, 0.15) is 0 Å². The van der Waals surface area contributed by atoms with Crippen molar-refractivity contribution in [1.82, 2.24) is 0 Å². The van der Waals surface area contributed by atoms with Crippen molar-refractivity contribution in [2.45, 2.75) is 108 Å². The van der Waals surface area contributed by atoms with Crippen LogP contribution in [0.2, 0.25) is 0 Å². The predicted molar refractivity (Wildman–Crippen MR) is 303 cm³/mol. The van der Waals surface area contributed by atoms with Crippen molar-refractivity contribution in [3.63, 3.8) is 0 Å². The van der Waals surface area contributed by atoms with Crippen LogP contribution in [0.4, 0.5) is 34.1 Å². The van der Waals surface area contributed by atoms with Crippen molar-refractivity contribution in [3.05, 3.63) is 228 Å². The van der Waals surface area contributed by atoms with Gasteiger partial charge >= 0.3 is 0 Å². The lowest BCUT2D eigenvalue weighted by Crippen LogP contribution is -2.48. The lowest BCUT2D eigenvalue weighted by Gasteiger charge is -2.57. The summed E-state index contributed by atoms with van der Waals surface area (Å²) < 4.78 is 0. The maximum atomic E-state index is 2.51. The monoisotopic (exact) mass is 939 g/mol. The van der Waals surface area contributed by atoms with Gasteiger partial charge in [-0.05, 0) is 209 Å². The molecule has 0 heterocycles. The zero-order chi connectivity index (χ0) is 48.6. The van der Waals surface area contributed by atoms with Gasteiger partial charge < -0.3 is 9.80 Å². The Hall–Kier alpha value is -6.64. The van der Waals surface area contributed by atoms with Crippen molar-refractivity contribution >= 4 is 34.1 Å². The zero-order valence-electron chi connectivity index (χ0n) is 42.9. The predicted octanol–water partition coefficient (Wildman–Crippen LogP) is 19.2. The molecule has 2 heteroatoms. The second kappa shape index (κ2) is 17.8. The Morgan fingerprint density at radius 3 is 1.43 bits per heavy atom. The van der Waals surface area contributed by atoms with E-state index < -0.39 is 0 Å². The molecule has 0 N–H and O–H groups in total. The smallest absolute Gasteiger partial charge is 0.0465 e. The summed E-state index contributed by atoms with van der Waals surface area (Å²) in [5.41, 5.74) is 19.8. The van der Waals surface area contributed by atoms with Crippen molar-refractivity contribution in [2.75, 3.05) is 9.80 Å². The molecule has 0 spiro atoms. The summed E-state index contributed by atoms with van der Waals surface area (Å²) in [6, 6.07) is 76.5. The van der Waals surface area contributed by atoms with Gasteiger partial charge in [0.25, 0.3) is 0 Å². The van der Waals surface area contributed by atoms with Gasteiger partial charge in [-0.2, -0.15) is 0 Å². The Bertz CT molecular complexity index is 3170. The molecule has 14 rings (SSSR count). The van der Waals surface area contributed by atoms with Crippen LogP contribution >= 0.6 is 0 Å². The van der Waals surface area contributed by atoms with Gasteiger partial charge in [-0.1, -0.05) is 168 Å². The maximum Gasteiger partial charge on any atom is 0.0465 e. The first-order chi connectivity index (χ1) is 35.2. The van der Waals surface area contributed by atoms with E-state index in [9.17, 15) is 0 Å². The van der Waals surface area contributed by atoms with Gasteiger partial charge in [-0.3, -0.25) is 0 Å². The number of nitrogens with zero attached hydrogens (tertiary/aromatic N) is 2. The molecule has 8 aromatic rings. The van der Waals surface area contributed by atoms with E-state index >= 15 is 0 Å². The van der Waals surface area contributed by atoms with Gasteiger partial charge in [-0.15, -0.1) is 0 Å². The van der Waals surface area contributed by atoms with Gasteiger partial charge in [-0.25, -0.2) is 0 Å². The quantitative estimate of drug-likeness (QED) is 0.127. The standard InChI is InChI=1S/C70H70N2/c1-48(2)64-24-14-15-40-70(64,54-28-34-59(35-29-54)71(56-19-10-6-11-20-56)58-32-26-53(27-33-58)69-45-49-41-50(46-69)43-51(42-49)47-69)55-30-36-60(37-31-55)72(57-21-12-7-13-22-57)61-38-39-63-66(44-61)68(3,4)65-25-16-23-62(67(63)65)52-17-8-5-9-18-52/h5-13,16-23,25-39,44,48-51,64H,14-15,24,40-43,45-47H2,1-4H3. The number of hydrogen-bond acceptors (Lipinski definition) is 2. The highest BCUT2D eigenvalue weighted by molar-refractivity contribution is 5.94. The van der Waals surface area contributed by atoms with E-state index in [1.165, 1.54) is 131 Å². The molecule has 5 saturated carbocycles. The van der Waals surface area contributed by atoms with Crippen LogP contribution in [0.15, 0.2) is 200 Å². The minimum Gasteiger partial charge on any atom is -0.311 e. The van der Waals surface area contributed by atoms with Crippen LogP contribution in [0.3, 0.4) is 0 Å². The second-order valence-corrected chi connectivity index (χ2v) is 23.7. The third kappa shape index (κ3) is 7.49. The summed E-state index contributed by atoms with van der Waals surface area (Å²) in [5, 5.41) is 0. The number of anilines is 6. The molecule has 0 amide bonds. The maximum absolute atomic E-state index is 2.51. The third-order valence-electron chi connectivity index (χ3n) is 18.9. The largest absolute Gasteiger partial charge is 0.311 e. The Kier molecular flexibility index (Phi) is 11.2. The SMILES string of the molecule is CC(C)C1CCCCC1(c1ccc(N(c2ccccc2)c2ccc(C34CC5CC(CC(C5)C3)C4)cc2)cc1)c1ccc(N(c2ccccc2)c2ccc3c(c2)C(C)(C)c2cccc(-c4ccccc4)c2-3)cc1. The molecule has 6 aliphatic carbocycles. The van der Waals surface area contributed by atoms with Crippen molar-refractivity contribution < 1.29 is 0 Å². The van der Waals surface area contributed by atoms with Crippen molar-refractivity contribution in [3.8, 4) is 22.3 Å². The molecular formula is C70H70N2. The minimum absolute atomic E-state index is 0.0992. The molecule has 72 heavy (non-hydrogen) atoms. The molecule has 8 aromatic carbocycles. The lowest BCUT2D eigenvalue weighted by molar-refractivity contribution is -0.00518. The lowest BCUT2D eigenvalue weighted by atomic mass is 9.48. The molecule has 0 aromatic heterocycles. The average molecular weight is 939 g/mol. The Morgan fingerprint density at radius 1 is 0.431 bits per heavy atom. The van der Waals surface area contributed by atoms with Crippen LogP contribution in [0.1, 0.15) is 120 Å². The van der Waals surface area contributed by atoms with Crippen LogP contribution in [0.5, 0.6) is 0 Å². The van der Waals surface area contributed by atoms with Crippen molar-refractivity contribution in [1.29, 1.82) is 0 Å². The topological polar surface area (TPSA) is 6.48 Å². The van der Waals surface area contributed by atoms with Crippen LogP contribution in [0, 0.1) is 29.6 Å². The van der Waals surface area contributed by atoms with E-state index in [0.29, 0.717) is 17.3 Å². The molecule has 2 nitrogen and oxygen atoms in total. The highest BCUT2D eigenvalue weighted by Gasteiger charge is 2.52. The Labute approximate surface area is 429 Å². The van der Waals surface area contributed by atoms with E-state index in [0.717, 1.165) is 29.9 Å². The minimum atomic E-state index is -0.150. The van der Waals surface area contributed by atoms with E-state index in [2.05, 4.69) is 238 Å². The second-order valence-electron chi connectivity index (χ2n) is 23.7. The molecule has 5 fully saturated rings. The van der Waals surface area contributed by atoms with Crippen LogP contribution in [-0.4, -0.2) is 0 Å². The molecule has 6 aliphatic rings. The molecular weight excluding hydrogens is 869 g/mol. The fraction of sp³-hybridized carbons (Fsp3) is 0.314. The zero-order valence-corrected chi connectivity index (χ0v) is 42.9. The number of para-hydroxylation sites is 2. The number of benzene rings is 8. The normalized spacial score (nSPS) is 24.5. The molecule has 4 bridgehead atoms. The van der Waals surface area contributed by atoms with E-state index in [1.807, 2.05) is 0 Å². The molecule has 360 valence electrons.